The van der Waals surface area contributed by atoms with Crippen molar-refractivity contribution in [1.29, 1.82) is 0 Å². The molecule has 0 bridgehead atoms. The van der Waals surface area contributed by atoms with Crippen molar-refractivity contribution in [3.05, 3.63) is 76.3 Å². The molecule has 4 nitrogen and oxygen atoms in total. The number of fused-ring (bicyclic) bond motifs is 2. The van der Waals surface area contributed by atoms with E-state index in [0.717, 1.165) is 54.5 Å². The highest BCUT2D eigenvalue weighted by atomic mass is 35.5. The lowest BCUT2D eigenvalue weighted by Gasteiger charge is -2.42. The fourth-order valence-corrected chi connectivity index (χ4v) is 6.08. The molecule has 3 aromatic rings. The van der Waals surface area contributed by atoms with Crippen LogP contribution in [0.5, 0.6) is 5.75 Å². The molecule has 0 saturated carbocycles. The molecular weight excluding hydrogens is 444 g/mol. The van der Waals surface area contributed by atoms with Gasteiger partial charge in [0.25, 0.3) is 0 Å². The summed E-state index contributed by atoms with van der Waals surface area (Å²) in [5, 5.41) is 6.51. The van der Waals surface area contributed by atoms with Gasteiger partial charge in [0.15, 0.2) is 0 Å². The number of nitrogens with zero attached hydrogens (tertiary/aromatic N) is 1. The Morgan fingerprint density at radius 1 is 1.24 bits per heavy atom. The van der Waals surface area contributed by atoms with Crippen molar-refractivity contribution in [3.8, 4) is 5.75 Å². The Hall–Kier alpha value is -2.56. The highest BCUT2D eigenvalue weighted by Crippen LogP contribution is 2.42. The van der Waals surface area contributed by atoms with E-state index in [0.29, 0.717) is 17.5 Å². The second-order valence-corrected chi connectivity index (χ2v) is 10.5. The number of hydrogen-bond donors (Lipinski definition) is 1. The van der Waals surface area contributed by atoms with Gasteiger partial charge in [0.05, 0.1) is 12.6 Å². The number of rotatable bonds is 5. The first-order valence-corrected chi connectivity index (χ1v) is 12.7. The van der Waals surface area contributed by atoms with Crippen molar-refractivity contribution in [2.24, 2.45) is 0 Å². The molecule has 0 radical (unpaired) electrons. The quantitative estimate of drug-likeness (QED) is 0.487. The molecular formula is C29H33ClN2O2. The zero-order valence-corrected chi connectivity index (χ0v) is 21.0. The second-order valence-electron chi connectivity index (χ2n) is 10.1. The SMILES string of the molecule is CC1CC(CC(=O)N(C)C(C)c2cc(Cl)cc3ccccc23)(c2ccc3c(c2)CCO3)CCN1. The van der Waals surface area contributed by atoms with Crippen molar-refractivity contribution in [3.63, 3.8) is 0 Å². The van der Waals surface area contributed by atoms with Crippen LogP contribution in [-0.2, 0) is 16.6 Å². The van der Waals surface area contributed by atoms with Gasteiger partial charge in [0, 0.05) is 36.4 Å². The summed E-state index contributed by atoms with van der Waals surface area (Å²) in [6, 6.07) is 19.1. The summed E-state index contributed by atoms with van der Waals surface area (Å²) in [7, 11) is 1.93. The van der Waals surface area contributed by atoms with Gasteiger partial charge in [0.2, 0.25) is 5.91 Å². The van der Waals surface area contributed by atoms with Crippen LogP contribution in [-0.4, -0.2) is 37.0 Å². The molecule has 1 N–H and O–H groups in total. The lowest BCUT2D eigenvalue weighted by Crippen LogP contribution is -2.47. The molecule has 3 aromatic carbocycles. The Morgan fingerprint density at radius 3 is 2.88 bits per heavy atom. The van der Waals surface area contributed by atoms with Crippen molar-refractivity contribution in [1.82, 2.24) is 10.2 Å². The van der Waals surface area contributed by atoms with Gasteiger partial charge in [-0.2, -0.15) is 0 Å². The molecule has 34 heavy (non-hydrogen) atoms. The van der Waals surface area contributed by atoms with E-state index in [1.54, 1.807) is 0 Å². The van der Waals surface area contributed by atoms with Gasteiger partial charge in [-0.15, -0.1) is 0 Å². The minimum Gasteiger partial charge on any atom is -0.493 e. The molecule has 178 valence electrons. The summed E-state index contributed by atoms with van der Waals surface area (Å²) in [6.07, 6.45) is 3.34. The van der Waals surface area contributed by atoms with E-state index in [-0.39, 0.29) is 17.4 Å². The molecule has 1 saturated heterocycles. The number of hydrogen-bond acceptors (Lipinski definition) is 3. The summed E-state index contributed by atoms with van der Waals surface area (Å²) < 4.78 is 5.74. The molecule has 2 heterocycles. The third-order valence-electron chi connectivity index (χ3n) is 7.87. The van der Waals surface area contributed by atoms with Crippen LogP contribution in [0.25, 0.3) is 10.8 Å². The van der Waals surface area contributed by atoms with Gasteiger partial charge in [-0.05, 0) is 78.9 Å². The second kappa shape index (κ2) is 9.24. The van der Waals surface area contributed by atoms with Gasteiger partial charge in [0.1, 0.15) is 5.75 Å². The average molecular weight is 477 g/mol. The Bertz CT molecular complexity index is 1230. The molecule has 3 atom stereocenters. The number of carbonyl (C=O) groups is 1. The third kappa shape index (κ3) is 4.30. The summed E-state index contributed by atoms with van der Waals surface area (Å²) in [5.74, 6) is 1.16. The maximum atomic E-state index is 13.8. The van der Waals surface area contributed by atoms with Crippen LogP contribution >= 0.6 is 11.6 Å². The molecule has 1 amide bonds. The highest BCUT2D eigenvalue weighted by molar-refractivity contribution is 6.31. The van der Waals surface area contributed by atoms with Gasteiger partial charge >= 0.3 is 0 Å². The number of nitrogens with one attached hydrogen (secondary N) is 1. The van der Waals surface area contributed by atoms with E-state index < -0.39 is 0 Å². The first-order valence-electron chi connectivity index (χ1n) is 12.3. The van der Waals surface area contributed by atoms with Crippen LogP contribution in [0, 0.1) is 0 Å². The molecule has 0 aromatic heterocycles. The number of halogens is 1. The zero-order valence-electron chi connectivity index (χ0n) is 20.2. The number of piperidine rings is 1. The monoisotopic (exact) mass is 476 g/mol. The predicted molar refractivity (Wildman–Crippen MR) is 139 cm³/mol. The van der Waals surface area contributed by atoms with E-state index in [9.17, 15) is 4.79 Å². The first-order chi connectivity index (χ1) is 16.4. The fraction of sp³-hybridized carbons (Fsp3) is 0.414. The van der Waals surface area contributed by atoms with Crippen LogP contribution in [0.1, 0.15) is 55.8 Å². The van der Waals surface area contributed by atoms with Crippen LogP contribution in [0.2, 0.25) is 5.02 Å². The number of amides is 1. The van der Waals surface area contributed by atoms with E-state index in [1.165, 1.54) is 11.1 Å². The third-order valence-corrected chi connectivity index (χ3v) is 8.09. The topological polar surface area (TPSA) is 41.6 Å². The van der Waals surface area contributed by atoms with E-state index in [1.807, 2.05) is 36.2 Å². The smallest absolute Gasteiger partial charge is 0.223 e. The normalized spacial score (nSPS) is 22.8. The average Bonchev–Trinajstić information content (AvgIpc) is 3.30. The summed E-state index contributed by atoms with van der Waals surface area (Å²) in [4.78, 5) is 15.7. The van der Waals surface area contributed by atoms with Crippen molar-refractivity contribution >= 4 is 28.3 Å². The van der Waals surface area contributed by atoms with Gasteiger partial charge in [-0.3, -0.25) is 4.79 Å². The van der Waals surface area contributed by atoms with E-state index in [4.69, 9.17) is 16.3 Å². The van der Waals surface area contributed by atoms with Crippen LogP contribution in [0.3, 0.4) is 0 Å². The Balaban J connectivity index is 1.45. The highest BCUT2D eigenvalue weighted by Gasteiger charge is 2.40. The molecule has 0 spiro atoms. The summed E-state index contributed by atoms with van der Waals surface area (Å²) in [6.45, 7) is 5.98. The van der Waals surface area contributed by atoms with Crippen molar-refractivity contribution < 1.29 is 9.53 Å². The lowest BCUT2D eigenvalue weighted by molar-refractivity contribution is -0.133. The number of benzene rings is 3. The fourth-order valence-electron chi connectivity index (χ4n) is 5.85. The maximum Gasteiger partial charge on any atom is 0.223 e. The lowest BCUT2D eigenvalue weighted by atomic mass is 9.68. The molecule has 5 rings (SSSR count). The minimum absolute atomic E-state index is 0.0827. The van der Waals surface area contributed by atoms with Gasteiger partial charge < -0.3 is 15.0 Å². The summed E-state index contributed by atoms with van der Waals surface area (Å²) >= 11 is 6.45. The number of ether oxygens (including phenoxy) is 1. The van der Waals surface area contributed by atoms with Crippen molar-refractivity contribution in [2.45, 2.75) is 57.0 Å². The first kappa shape index (κ1) is 23.2. The largest absolute Gasteiger partial charge is 0.493 e. The van der Waals surface area contributed by atoms with Crippen LogP contribution in [0.15, 0.2) is 54.6 Å². The molecule has 1 fully saturated rings. The van der Waals surface area contributed by atoms with Crippen LogP contribution < -0.4 is 10.1 Å². The van der Waals surface area contributed by atoms with Gasteiger partial charge in [-0.25, -0.2) is 0 Å². The summed E-state index contributed by atoms with van der Waals surface area (Å²) in [5.41, 5.74) is 3.45. The Kier molecular flexibility index (Phi) is 6.30. The Labute approximate surface area is 207 Å². The standard InChI is InChI=1S/C29H33ClN2O2/c1-19-17-29(11-12-31-19,23-8-9-27-22(14-23)10-13-34-27)18-28(33)32(3)20(2)26-16-24(30)15-21-6-4-5-7-25(21)26/h4-9,14-16,19-20,31H,10-13,17-18H2,1-3H3. The molecule has 2 aliphatic heterocycles. The maximum absolute atomic E-state index is 13.8. The zero-order chi connectivity index (χ0) is 23.9. The molecule has 0 aliphatic carbocycles. The predicted octanol–water partition coefficient (Wildman–Crippen LogP) is 6.05. The van der Waals surface area contributed by atoms with Gasteiger partial charge in [-0.1, -0.05) is 48.0 Å². The minimum atomic E-state index is -0.177. The molecule has 5 heteroatoms. The van der Waals surface area contributed by atoms with Crippen LogP contribution in [0.4, 0.5) is 0 Å². The molecule has 3 unspecified atom stereocenters. The van der Waals surface area contributed by atoms with E-state index >= 15 is 0 Å². The molecule has 2 aliphatic rings. The van der Waals surface area contributed by atoms with Crippen molar-refractivity contribution in [2.75, 3.05) is 20.2 Å². The Morgan fingerprint density at radius 2 is 2.06 bits per heavy atom. The number of carbonyl (C=O) groups excluding carboxylic acids is 1. The van der Waals surface area contributed by atoms with E-state index in [2.05, 4.69) is 49.5 Å².